The van der Waals surface area contributed by atoms with E-state index in [1.165, 1.54) is 0 Å². The average Bonchev–Trinajstić information content (AvgIpc) is 3.28. The van der Waals surface area contributed by atoms with Crippen molar-refractivity contribution in [3.8, 4) is 5.75 Å². The fourth-order valence-electron chi connectivity index (χ4n) is 3.96. The van der Waals surface area contributed by atoms with Crippen LogP contribution in [-0.2, 0) is 13.1 Å². The highest BCUT2D eigenvalue weighted by atomic mass is 35.5. The SMILES string of the molecule is COc1ccc(CN=C2C=CN(Cc3ncccn3)C(N3CCC[C@H]3CO)N2)cc1Cl. The quantitative estimate of drug-likeness (QED) is 0.680. The van der Waals surface area contributed by atoms with Gasteiger partial charge in [-0.3, -0.25) is 9.89 Å². The molecule has 0 radical (unpaired) electrons. The molecule has 0 amide bonds. The Kier molecular flexibility index (Phi) is 7.01. The van der Waals surface area contributed by atoms with E-state index in [1.807, 2.05) is 36.5 Å². The number of aliphatic hydroxyl groups is 1. The van der Waals surface area contributed by atoms with Gasteiger partial charge in [0.25, 0.3) is 0 Å². The molecule has 0 bridgehead atoms. The maximum Gasteiger partial charge on any atom is 0.159 e. The second-order valence-electron chi connectivity index (χ2n) is 7.56. The van der Waals surface area contributed by atoms with E-state index in [0.29, 0.717) is 23.9 Å². The van der Waals surface area contributed by atoms with E-state index in [0.717, 1.165) is 36.6 Å². The van der Waals surface area contributed by atoms with Gasteiger partial charge in [0.1, 0.15) is 17.4 Å². The largest absolute Gasteiger partial charge is 0.495 e. The number of halogens is 1. The predicted octanol–water partition coefficient (Wildman–Crippen LogP) is 2.40. The van der Waals surface area contributed by atoms with Crippen molar-refractivity contribution in [2.75, 3.05) is 20.3 Å². The second-order valence-corrected chi connectivity index (χ2v) is 7.97. The Bertz CT molecular complexity index is 939. The van der Waals surface area contributed by atoms with Crippen LogP contribution in [0, 0.1) is 0 Å². The van der Waals surface area contributed by atoms with E-state index in [4.69, 9.17) is 21.3 Å². The van der Waals surface area contributed by atoms with Crippen LogP contribution in [0.4, 0.5) is 0 Å². The number of nitrogens with zero attached hydrogens (tertiary/aromatic N) is 5. The maximum atomic E-state index is 9.85. The number of rotatable bonds is 7. The minimum atomic E-state index is -0.133. The van der Waals surface area contributed by atoms with Crippen LogP contribution in [0.1, 0.15) is 24.2 Å². The number of methoxy groups -OCH3 is 1. The second kappa shape index (κ2) is 10.1. The van der Waals surface area contributed by atoms with Crippen LogP contribution in [-0.4, -0.2) is 63.3 Å². The highest BCUT2D eigenvalue weighted by Gasteiger charge is 2.35. The van der Waals surface area contributed by atoms with Gasteiger partial charge >= 0.3 is 0 Å². The maximum absolute atomic E-state index is 9.85. The molecule has 2 aliphatic rings. The molecular formula is C22H27ClN6O2. The number of nitrogens with one attached hydrogen (secondary N) is 1. The molecule has 0 spiro atoms. The number of likely N-dealkylation sites (tertiary alicyclic amines) is 1. The lowest BCUT2D eigenvalue weighted by Gasteiger charge is -2.42. The zero-order valence-electron chi connectivity index (χ0n) is 17.5. The van der Waals surface area contributed by atoms with E-state index in [9.17, 15) is 5.11 Å². The third kappa shape index (κ3) is 5.15. The van der Waals surface area contributed by atoms with E-state index in [-0.39, 0.29) is 18.9 Å². The molecule has 1 unspecified atom stereocenters. The lowest BCUT2D eigenvalue weighted by molar-refractivity contribution is 0.0253. The van der Waals surface area contributed by atoms with Crippen molar-refractivity contribution in [2.24, 2.45) is 4.99 Å². The summed E-state index contributed by atoms with van der Waals surface area (Å²) in [5, 5.41) is 13.9. The Morgan fingerprint density at radius 1 is 1.32 bits per heavy atom. The van der Waals surface area contributed by atoms with Crippen LogP contribution in [0.15, 0.2) is 53.9 Å². The number of benzene rings is 1. The first-order valence-electron chi connectivity index (χ1n) is 10.4. The molecule has 1 fully saturated rings. The van der Waals surface area contributed by atoms with Crippen molar-refractivity contribution < 1.29 is 9.84 Å². The standard InChI is InChI=1S/C22H27ClN6O2/c1-31-19-6-5-16(12-18(19)23)13-26-20-7-11-28(14-21-24-8-3-9-25-21)22(27-20)29-10-2-4-17(29)15-30/h3,5-9,11-12,17,22,30H,2,4,10,13-15H2,1H3,(H,26,27)/t17-,22?/m0/s1. The van der Waals surface area contributed by atoms with Crippen LogP contribution >= 0.6 is 11.6 Å². The van der Waals surface area contributed by atoms with Gasteiger partial charge in [0.2, 0.25) is 0 Å². The van der Waals surface area contributed by atoms with Gasteiger partial charge in [-0.05, 0) is 42.7 Å². The van der Waals surface area contributed by atoms with Crippen molar-refractivity contribution in [1.29, 1.82) is 0 Å². The fourth-order valence-corrected chi connectivity index (χ4v) is 4.24. The number of ether oxygens (including phenoxy) is 1. The van der Waals surface area contributed by atoms with Crippen LogP contribution < -0.4 is 10.1 Å². The van der Waals surface area contributed by atoms with Gasteiger partial charge in [-0.1, -0.05) is 17.7 Å². The van der Waals surface area contributed by atoms with Crippen molar-refractivity contribution in [1.82, 2.24) is 25.1 Å². The monoisotopic (exact) mass is 442 g/mol. The topological polar surface area (TPSA) is 86.1 Å². The van der Waals surface area contributed by atoms with E-state index < -0.39 is 0 Å². The van der Waals surface area contributed by atoms with Crippen molar-refractivity contribution >= 4 is 17.4 Å². The number of aromatic nitrogens is 2. The van der Waals surface area contributed by atoms with Crippen molar-refractivity contribution in [2.45, 2.75) is 38.3 Å². The van der Waals surface area contributed by atoms with Crippen LogP contribution in [0.25, 0.3) is 0 Å². The van der Waals surface area contributed by atoms with Gasteiger partial charge in [0.15, 0.2) is 6.29 Å². The van der Waals surface area contributed by atoms with Gasteiger partial charge < -0.3 is 20.1 Å². The number of amidine groups is 1. The molecule has 2 N–H and O–H groups in total. The summed E-state index contributed by atoms with van der Waals surface area (Å²) in [5.74, 6) is 2.18. The van der Waals surface area contributed by atoms with Gasteiger partial charge in [0, 0.05) is 31.2 Å². The molecule has 31 heavy (non-hydrogen) atoms. The zero-order chi connectivity index (χ0) is 21.6. The van der Waals surface area contributed by atoms with E-state index in [2.05, 4.69) is 25.1 Å². The van der Waals surface area contributed by atoms with Crippen LogP contribution in [0.3, 0.4) is 0 Å². The minimum absolute atomic E-state index is 0.116. The predicted molar refractivity (Wildman–Crippen MR) is 120 cm³/mol. The molecule has 4 rings (SSSR count). The van der Waals surface area contributed by atoms with Gasteiger partial charge in [-0.2, -0.15) is 0 Å². The first kappa shape index (κ1) is 21.5. The molecule has 1 aromatic carbocycles. The van der Waals surface area contributed by atoms with Gasteiger partial charge in [0.05, 0.1) is 31.8 Å². The highest BCUT2D eigenvalue weighted by Crippen LogP contribution is 2.26. The molecule has 2 atom stereocenters. The number of aliphatic hydroxyl groups excluding tert-OH is 1. The Labute approximate surface area is 187 Å². The van der Waals surface area contributed by atoms with E-state index in [1.54, 1.807) is 19.5 Å². The lowest BCUT2D eigenvalue weighted by atomic mass is 10.2. The molecular weight excluding hydrogens is 416 g/mol. The summed E-state index contributed by atoms with van der Waals surface area (Å²) in [6.07, 6.45) is 9.37. The Morgan fingerprint density at radius 3 is 2.90 bits per heavy atom. The highest BCUT2D eigenvalue weighted by molar-refractivity contribution is 6.32. The lowest BCUT2D eigenvalue weighted by Crippen LogP contribution is -2.60. The van der Waals surface area contributed by atoms with Crippen molar-refractivity contribution in [3.63, 3.8) is 0 Å². The smallest absolute Gasteiger partial charge is 0.159 e. The Hall–Kier alpha value is -2.68. The summed E-state index contributed by atoms with van der Waals surface area (Å²) < 4.78 is 5.21. The molecule has 8 nitrogen and oxygen atoms in total. The van der Waals surface area contributed by atoms with Crippen LogP contribution in [0.5, 0.6) is 5.75 Å². The fraction of sp³-hybridized carbons (Fsp3) is 0.409. The Morgan fingerprint density at radius 2 is 2.16 bits per heavy atom. The number of aliphatic imine (C=N–C) groups is 1. The first-order chi connectivity index (χ1) is 15.2. The van der Waals surface area contributed by atoms with Gasteiger partial charge in [-0.25, -0.2) is 9.97 Å². The molecule has 1 saturated heterocycles. The number of hydrogen-bond donors (Lipinski definition) is 2. The molecule has 1 aromatic heterocycles. The summed E-state index contributed by atoms with van der Waals surface area (Å²) in [5.41, 5.74) is 1.000. The molecule has 2 aromatic rings. The summed E-state index contributed by atoms with van der Waals surface area (Å²) in [7, 11) is 1.60. The summed E-state index contributed by atoms with van der Waals surface area (Å²) in [6, 6.07) is 7.60. The molecule has 3 heterocycles. The molecule has 9 heteroatoms. The Balaban J connectivity index is 1.53. The van der Waals surface area contributed by atoms with E-state index >= 15 is 0 Å². The third-order valence-corrected chi connectivity index (χ3v) is 5.85. The molecule has 0 saturated carbocycles. The molecule has 2 aliphatic heterocycles. The average molecular weight is 443 g/mol. The third-order valence-electron chi connectivity index (χ3n) is 5.55. The normalized spacial score (nSPS) is 22.7. The van der Waals surface area contributed by atoms with Crippen molar-refractivity contribution in [3.05, 3.63) is 65.3 Å². The minimum Gasteiger partial charge on any atom is -0.495 e. The van der Waals surface area contributed by atoms with Crippen LogP contribution in [0.2, 0.25) is 5.02 Å². The van der Waals surface area contributed by atoms with Gasteiger partial charge in [-0.15, -0.1) is 0 Å². The molecule has 164 valence electrons. The summed E-state index contributed by atoms with van der Waals surface area (Å²) in [4.78, 5) is 17.9. The summed E-state index contributed by atoms with van der Waals surface area (Å²) >= 11 is 6.24. The zero-order valence-corrected chi connectivity index (χ0v) is 18.2. The number of hydrogen-bond acceptors (Lipinski definition) is 7. The first-order valence-corrected chi connectivity index (χ1v) is 10.8. The molecule has 0 aliphatic carbocycles. The summed E-state index contributed by atoms with van der Waals surface area (Å²) in [6.45, 7) is 2.10.